The number of nitrogens with one attached hydrogen (secondary N) is 1. The van der Waals surface area contributed by atoms with Crippen molar-refractivity contribution in [2.24, 2.45) is 0 Å². The van der Waals surface area contributed by atoms with E-state index in [9.17, 15) is 13.2 Å². The number of benzene rings is 2. The summed E-state index contributed by atoms with van der Waals surface area (Å²) in [5.41, 5.74) is 2.28. The van der Waals surface area contributed by atoms with Crippen molar-refractivity contribution >= 4 is 22.2 Å². The Morgan fingerprint density at radius 2 is 1.93 bits per heavy atom. The molecule has 0 saturated carbocycles. The molecule has 0 radical (unpaired) electrons. The second kappa shape index (κ2) is 6.88. The van der Waals surface area contributed by atoms with Gasteiger partial charge in [-0.2, -0.15) is 0 Å². The summed E-state index contributed by atoms with van der Waals surface area (Å²) in [4.78, 5) is 8.42. The molecule has 2 aromatic heterocycles. The molecular formula is C19H13F3N4S. The largest absolute Gasteiger partial charge is 0.329 e. The summed E-state index contributed by atoms with van der Waals surface area (Å²) in [5, 5.41) is 4.84. The van der Waals surface area contributed by atoms with Crippen molar-refractivity contribution in [2.45, 2.75) is 6.92 Å². The molecule has 136 valence electrons. The lowest BCUT2D eigenvalue weighted by atomic mass is 10.1. The zero-order valence-corrected chi connectivity index (χ0v) is 14.9. The third kappa shape index (κ3) is 3.43. The summed E-state index contributed by atoms with van der Waals surface area (Å²) in [6.07, 6.45) is 3.28. The quantitative estimate of drug-likeness (QED) is 0.506. The van der Waals surface area contributed by atoms with E-state index in [2.05, 4.69) is 15.3 Å². The van der Waals surface area contributed by atoms with Crippen LogP contribution in [0.15, 0.2) is 54.3 Å². The number of aryl methyl sites for hydroxylation is 1. The van der Waals surface area contributed by atoms with Gasteiger partial charge in [-0.3, -0.25) is 0 Å². The minimum Gasteiger partial charge on any atom is -0.329 e. The molecule has 2 heterocycles. The molecule has 0 unspecified atom stereocenters. The first-order valence-corrected chi connectivity index (χ1v) is 8.86. The topological polar surface area (TPSA) is 42.7 Å². The maximum atomic E-state index is 14.5. The van der Waals surface area contributed by atoms with Gasteiger partial charge in [-0.05, 0) is 31.2 Å². The second-order valence-corrected chi connectivity index (χ2v) is 6.71. The molecule has 0 aliphatic rings. The summed E-state index contributed by atoms with van der Waals surface area (Å²) in [6, 6.07) is 8.63. The molecular weight excluding hydrogens is 373 g/mol. The van der Waals surface area contributed by atoms with E-state index in [4.69, 9.17) is 0 Å². The summed E-state index contributed by atoms with van der Waals surface area (Å²) in [5.74, 6) is -2.33. The first-order chi connectivity index (χ1) is 13.0. The molecule has 1 N–H and O–H groups in total. The predicted octanol–water partition coefficient (Wildman–Crippen LogP) is 5.47. The van der Waals surface area contributed by atoms with Gasteiger partial charge in [0.15, 0.2) is 16.8 Å². The fourth-order valence-corrected chi connectivity index (χ4v) is 3.34. The first-order valence-electron chi connectivity index (χ1n) is 7.99. The molecule has 0 atom stereocenters. The van der Waals surface area contributed by atoms with Crippen LogP contribution in [-0.4, -0.2) is 14.5 Å². The van der Waals surface area contributed by atoms with Crippen LogP contribution in [-0.2, 0) is 0 Å². The standard InChI is InChI=1S/C19H13F3N4S/c1-11-8-26(10-23-11)17-6-5-12(7-14(17)21)16-9-27-19(25-16)24-15-4-2-3-13(20)18(15)22/h2-10H,1H3,(H,24,25). The van der Waals surface area contributed by atoms with Crippen molar-refractivity contribution in [1.82, 2.24) is 14.5 Å². The Balaban J connectivity index is 1.60. The van der Waals surface area contributed by atoms with Gasteiger partial charge in [0.2, 0.25) is 0 Å². The zero-order chi connectivity index (χ0) is 19.0. The molecule has 0 fully saturated rings. The van der Waals surface area contributed by atoms with Gasteiger partial charge in [0.25, 0.3) is 0 Å². The monoisotopic (exact) mass is 386 g/mol. The number of aromatic nitrogens is 3. The number of rotatable bonds is 4. The van der Waals surface area contributed by atoms with Gasteiger partial charge >= 0.3 is 0 Å². The Morgan fingerprint density at radius 3 is 2.67 bits per heavy atom. The fourth-order valence-electron chi connectivity index (χ4n) is 2.61. The maximum Gasteiger partial charge on any atom is 0.187 e. The SMILES string of the molecule is Cc1cn(-c2ccc(-c3csc(Nc4cccc(F)c4F)n3)cc2F)cn1. The zero-order valence-electron chi connectivity index (χ0n) is 14.1. The van der Waals surface area contributed by atoms with E-state index in [0.29, 0.717) is 22.1 Å². The van der Waals surface area contributed by atoms with Crippen LogP contribution in [0.2, 0.25) is 0 Å². The van der Waals surface area contributed by atoms with Crippen LogP contribution in [0.5, 0.6) is 0 Å². The number of hydrogen-bond acceptors (Lipinski definition) is 4. The lowest BCUT2D eigenvalue weighted by Crippen LogP contribution is -1.96. The maximum absolute atomic E-state index is 14.5. The number of nitrogens with zero attached hydrogens (tertiary/aromatic N) is 3. The highest BCUT2D eigenvalue weighted by Crippen LogP contribution is 2.30. The normalized spacial score (nSPS) is 11.0. The van der Waals surface area contributed by atoms with Crippen LogP contribution in [0.25, 0.3) is 16.9 Å². The van der Waals surface area contributed by atoms with E-state index >= 15 is 0 Å². The van der Waals surface area contributed by atoms with Crippen LogP contribution in [0, 0.1) is 24.4 Å². The average molecular weight is 386 g/mol. The number of hydrogen-bond donors (Lipinski definition) is 1. The molecule has 8 heteroatoms. The molecule has 2 aromatic carbocycles. The lowest BCUT2D eigenvalue weighted by molar-refractivity contribution is 0.512. The highest BCUT2D eigenvalue weighted by atomic mass is 32.1. The van der Waals surface area contributed by atoms with Crippen molar-refractivity contribution in [3.8, 4) is 16.9 Å². The summed E-state index contributed by atoms with van der Waals surface area (Å²) in [6.45, 7) is 1.83. The second-order valence-electron chi connectivity index (χ2n) is 5.85. The van der Waals surface area contributed by atoms with Gasteiger partial charge in [0.1, 0.15) is 5.82 Å². The molecule has 0 spiro atoms. The third-order valence-corrected chi connectivity index (χ3v) is 4.69. The Kier molecular flexibility index (Phi) is 4.41. The van der Waals surface area contributed by atoms with E-state index < -0.39 is 17.5 Å². The minimum atomic E-state index is -0.972. The molecule has 0 saturated heterocycles. The number of halogens is 3. The van der Waals surface area contributed by atoms with E-state index in [1.807, 2.05) is 6.92 Å². The molecule has 0 bridgehead atoms. The van der Waals surface area contributed by atoms with Gasteiger partial charge in [0, 0.05) is 17.1 Å². The van der Waals surface area contributed by atoms with Gasteiger partial charge in [-0.1, -0.05) is 12.1 Å². The highest BCUT2D eigenvalue weighted by Gasteiger charge is 2.12. The van der Waals surface area contributed by atoms with Crippen molar-refractivity contribution in [3.63, 3.8) is 0 Å². The third-order valence-electron chi connectivity index (χ3n) is 3.93. The Labute approximate surface area is 157 Å². The van der Waals surface area contributed by atoms with Gasteiger partial charge in [-0.25, -0.2) is 23.1 Å². The van der Waals surface area contributed by atoms with Crippen LogP contribution >= 0.6 is 11.3 Å². The Hall–Kier alpha value is -3.13. The average Bonchev–Trinajstić information content (AvgIpc) is 3.28. The molecule has 0 aliphatic carbocycles. The number of imidazole rings is 1. The van der Waals surface area contributed by atoms with Gasteiger partial charge < -0.3 is 9.88 Å². The van der Waals surface area contributed by atoms with E-state index in [0.717, 1.165) is 11.8 Å². The van der Waals surface area contributed by atoms with E-state index in [1.54, 1.807) is 34.6 Å². The molecule has 4 aromatic rings. The van der Waals surface area contributed by atoms with E-state index in [1.165, 1.54) is 29.5 Å². The van der Waals surface area contributed by atoms with Crippen LogP contribution in [0.1, 0.15) is 5.69 Å². The lowest BCUT2D eigenvalue weighted by Gasteiger charge is -2.06. The molecule has 4 rings (SSSR count). The fraction of sp³-hybridized carbons (Fsp3) is 0.0526. The van der Waals surface area contributed by atoms with Crippen molar-refractivity contribution in [3.05, 3.63) is 77.4 Å². The van der Waals surface area contributed by atoms with Crippen LogP contribution in [0.3, 0.4) is 0 Å². The first kappa shape index (κ1) is 17.3. The molecule has 4 nitrogen and oxygen atoms in total. The Bertz CT molecular complexity index is 1120. The summed E-state index contributed by atoms with van der Waals surface area (Å²) < 4.78 is 43.2. The summed E-state index contributed by atoms with van der Waals surface area (Å²) in [7, 11) is 0. The van der Waals surface area contributed by atoms with Crippen LogP contribution < -0.4 is 5.32 Å². The van der Waals surface area contributed by atoms with Crippen molar-refractivity contribution < 1.29 is 13.2 Å². The molecule has 0 amide bonds. The predicted molar refractivity (Wildman–Crippen MR) is 99.0 cm³/mol. The van der Waals surface area contributed by atoms with Gasteiger partial charge in [-0.15, -0.1) is 11.3 Å². The number of anilines is 2. The highest BCUT2D eigenvalue weighted by molar-refractivity contribution is 7.14. The van der Waals surface area contributed by atoms with Crippen molar-refractivity contribution in [1.29, 1.82) is 0 Å². The van der Waals surface area contributed by atoms with Crippen LogP contribution in [0.4, 0.5) is 24.0 Å². The van der Waals surface area contributed by atoms with E-state index in [-0.39, 0.29) is 5.69 Å². The smallest absolute Gasteiger partial charge is 0.187 e. The molecule has 0 aliphatic heterocycles. The minimum absolute atomic E-state index is 0.00657. The Morgan fingerprint density at radius 1 is 1.07 bits per heavy atom. The van der Waals surface area contributed by atoms with Gasteiger partial charge in [0.05, 0.1) is 29.1 Å². The summed E-state index contributed by atoms with van der Waals surface area (Å²) >= 11 is 1.21. The molecule has 27 heavy (non-hydrogen) atoms. The van der Waals surface area contributed by atoms with Crippen molar-refractivity contribution in [2.75, 3.05) is 5.32 Å². The number of thiazole rings is 1.